The van der Waals surface area contributed by atoms with Crippen molar-refractivity contribution in [1.29, 1.82) is 0 Å². The molecule has 0 saturated heterocycles. The minimum Gasteiger partial charge on any atom is -0.295 e. The Morgan fingerprint density at radius 3 is 2.59 bits per heavy atom. The zero-order valence-corrected chi connectivity index (χ0v) is 13.7. The summed E-state index contributed by atoms with van der Waals surface area (Å²) in [6, 6.07) is 8.28. The van der Waals surface area contributed by atoms with E-state index in [1.165, 1.54) is 28.2 Å². The molecule has 1 N–H and O–H groups in total. The van der Waals surface area contributed by atoms with Gasteiger partial charge >= 0.3 is 0 Å². The van der Waals surface area contributed by atoms with Gasteiger partial charge in [-0.15, -0.1) is 21.5 Å². The number of amides is 1. The summed E-state index contributed by atoms with van der Waals surface area (Å²) in [4.78, 5) is 16.5. The van der Waals surface area contributed by atoms with Gasteiger partial charge in [-0.1, -0.05) is 49.4 Å². The summed E-state index contributed by atoms with van der Waals surface area (Å²) < 4.78 is 0. The van der Waals surface area contributed by atoms with Crippen LogP contribution in [0.4, 0.5) is 5.13 Å². The monoisotopic (exact) mass is 330 g/mol. The topological polar surface area (TPSA) is 67.8 Å². The van der Waals surface area contributed by atoms with Gasteiger partial charge in [-0.25, -0.2) is 4.98 Å². The largest absolute Gasteiger partial charge is 0.295 e. The van der Waals surface area contributed by atoms with Crippen molar-refractivity contribution in [2.45, 2.75) is 19.8 Å². The molecule has 0 unspecified atom stereocenters. The van der Waals surface area contributed by atoms with Crippen molar-refractivity contribution < 1.29 is 4.79 Å². The van der Waals surface area contributed by atoms with Crippen molar-refractivity contribution in [3.63, 3.8) is 0 Å². The highest BCUT2D eigenvalue weighted by Gasteiger charge is 2.13. The molecule has 5 nitrogen and oxygen atoms in total. The van der Waals surface area contributed by atoms with Crippen LogP contribution in [0.15, 0.2) is 35.2 Å². The number of hydrogen-bond donors (Lipinski definition) is 1. The van der Waals surface area contributed by atoms with Crippen LogP contribution in [0.2, 0.25) is 0 Å². The molecule has 2 aromatic heterocycles. The summed E-state index contributed by atoms with van der Waals surface area (Å²) in [5.74, 6) is 0.233. The number of nitrogens with one attached hydrogen (secondary N) is 1. The van der Waals surface area contributed by atoms with Gasteiger partial charge in [0.2, 0.25) is 5.13 Å². The van der Waals surface area contributed by atoms with E-state index in [0.29, 0.717) is 16.7 Å². The zero-order chi connectivity index (χ0) is 15.5. The predicted octanol–water partition coefficient (Wildman–Crippen LogP) is 4.04. The average molecular weight is 330 g/mol. The summed E-state index contributed by atoms with van der Waals surface area (Å²) in [5.41, 5.74) is 4.26. The normalized spacial score (nSPS) is 10.9. The second kappa shape index (κ2) is 6.33. The highest BCUT2D eigenvalue weighted by Crippen LogP contribution is 2.26. The molecule has 1 amide bonds. The van der Waals surface area contributed by atoms with E-state index in [1.807, 2.05) is 12.1 Å². The van der Waals surface area contributed by atoms with Gasteiger partial charge in [-0.05, 0) is 11.5 Å². The predicted molar refractivity (Wildman–Crippen MR) is 89.5 cm³/mol. The zero-order valence-electron chi connectivity index (χ0n) is 12.1. The molecule has 1 aromatic carbocycles. The Bertz CT molecular complexity index is 763. The molecule has 2 heterocycles. The number of thiazole rings is 1. The van der Waals surface area contributed by atoms with Crippen LogP contribution in [0.5, 0.6) is 0 Å². The molecule has 3 aromatic rings. The second-order valence-corrected chi connectivity index (χ2v) is 6.70. The van der Waals surface area contributed by atoms with E-state index in [0.717, 1.165) is 10.6 Å². The number of carbonyl (C=O) groups excluding carboxylic acids is 1. The smallest absolute Gasteiger partial charge is 0.276 e. The van der Waals surface area contributed by atoms with E-state index in [9.17, 15) is 4.79 Å². The van der Waals surface area contributed by atoms with Gasteiger partial charge in [0.25, 0.3) is 5.91 Å². The molecule has 0 spiro atoms. The van der Waals surface area contributed by atoms with Gasteiger partial charge in [0.15, 0.2) is 0 Å². The van der Waals surface area contributed by atoms with Gasteiger partial charge in [0.1, 0.15) is 16.2 Å². The molecule has 22 heavy (non-hydrogen) atoms. The first-order chi connectivity index (χ1) is 10.6. The minimum atomic E-state index is -0.266. The van der Waals surface area contributed by atoms with Crippen molar-refractivity contribution in [3.05, 3.63) is 46.4 Å². The van der Waals surface area contributed by atoms with Crippen LogP contribution in [0, 0.1) is 0 Å². The first-order valence-electron chi connectivity index (χ1n) is 6.77. The van der Waals surface area contributed by atoms with Gasteiger partial charge < -0.3 is 0 Å². The Kier molecular flexibility index (Phi) is 4.26. The molecule has 0 bridgehead atoms. The lowest BCUT2D eigenvalue weighted by Crippen LogP contribution is -2.12. The third kappa shape index (κ3) is 3.20. The van der Waals surface area contributed by atoms with E-state index in [1.54, 1.807) is 10.9 Å². The van der Waals surface area contributed by atoms with Crippen LogP contribution < -0.4 is 5.32 Å². The van der Waals surface area contributed by atoms with E-state index >= 15 is 0 Å². The molecular weight excluding hydrogens is 316 g/mol. The second-order valence-electron chi connectivity index (χ2n) is 5.01. The maximum absolute atomic E-state index is 12.1. The van der Waals surface area contributed by atoms with Crippen molar-refractivity contribution in [3.8, 4) is 10.6 Å². The summed E-state index contributed by atoms with van der Waals surface area (Å²) in [6.45, 7) is 4.32. The lowest BCUT2D eigenvalue weighted by molar-refractivity contribution is 0.102. The summed E-state index contributed by atoms with van der Waals surface area (Å²) >= 11 is 2.73. The Labute approximate surface area is 136 Å². The highest BCUT2D eigenvalue weighted by molar-refractivity contribution is 7.14. The van der Waals surface area contributed by atoms with Crippen LogP contribution in [0.1, 0.15) is 35.8 Å². The van der Waals surface area contributed by atoms with E-state index in [4.69, 9.17) is 0 Å². The molecule has 0 radical (unpaired) electrons. The SMILES string of the molecule is CC(C)c1ccc(-c2nc(C(=O)Nc3nncs3)cs2)cc1. The summed E-state index contributed by atoms with van der Waals surface area (Å²) in [7, 11) is 0. The van der Waals surface area contributed by atoms with Crippen LogP contribution in [0.25, 0.3) is 10.6 Å². The molecule has 7 heteroatoms. The fourth-order valence-corrected chi connectivity index (χ4v) is 3.16. The number of aromatic nitrogens is 3. The first-order valence-corrected chi connectivity index (χ1v) is 8.53. The summed E-state index contributed by atoms with van der Waals surface area (Å²) in [5, 5.41) is 13.2. The molecule has 0 saturated carbocycles. The van der Waals surface area contributed by atoms with Crippen molar-refractivity contribution in [1.82, 2.24) is 15.2 Å². The van der Waals surface area contributed by atoms with Crippen LogP contribution in [-0.4, -0.2) is 21.1 Å². The van der Waals surface area contributed by atoms with E-state index in [2.05, 4.69) is 46.5 Å². The number of nitrogens with zero attached hydrogens (tertiary/aromatic N) is 3. The third-order valence-corrected chi connectivity index (χ3v) is 4.64. The maximum Gasteiger partial charge on any atom is 0.276 e. The molecule has 0 aliphatic carbocycles. The Balaban J connectivity index is 1.76. The third-order valence-electron chi connectivity index (χ3n) is 3.14. The fraction of sp³-hybridized carbons (Fsp3) is 0.200. The Morgan fingerprint density at radius 2 is 1.95 bits per heavy atom. The van der Waals surface area contributed by atoms with Crippen molar-refractivity contribution in [2.75, 3.05) is 5.32 Å². The number of anilines is 1. The molecule has 0 fully saturated rings. The lowest BCUT2D eigenvalue weighted by atomic mass is 10.0. The number of benzene rings is 1. The minimum absolute atomic E-state index is 0.266. The summed E-state index contributed by atoms with van der Waals surface area (Å²) in [6.07, 6.45) is 0. The standard InChI is InChI=1S/C15H14N4OS2/c1-9(2)10-3-5-11(6-4-10)14-17-12(7-21-14)13(20)18-15-19-16-8-22-15/h3-9H,1-2H3,(H,18,19,20). The highest BCUT2D eigenvalue weighted by atomic mass is 32.1. The van der Waals surface area contributed by atoms with Gasteiger partial charge in [0, 0.05) is 10.9 Å². The molecular formula is C15H14N4OS2. The Morgan fingerprint density at radius 1 is 1.18 bits per heavy atom. The molecule has 112 valence electrons. The number of carbonyl (C=O) groups is 1. The van der Waals surface area contributed by atoms with Gasteiger partial charge in [-0.2, -0.15) is 0 Å². The van der Waals surface area contributed by atoms with Gasteiger partial charge in [-0.3, -0.25) is 10.1 Å². The first kappa shape index (κ1) is 14.8. The lowest BCUT2D eigenvalue weighted by Gasteiger charge is -2.05. The van der Waals surface area contributed by atoms with Crippen molar-refractivity contribution >= 4 is 33.7 Å². The maximum atomic E-state index is 12.1. The number of rotatable bonds is 4. The average Bonchev–Trinajstić information content (AvgIpc) is 3.18. The van der Waals surface area contributed by atoms with Crippen molar-refractivity contribution in [2.24, 2.45) is 0 Å². The van der Waals surface area contributed by atoms with E-state index < -0.39 is 0 Å². The fourth-order valence-electron chi connectivity index (χ4n) is 1.91. The molecule has 0 atom stereocenters. The quantitative estimate of drug-likeness (QED) is 0.784. The molecule has 3 rings (SSSR count). The molecule has 0 aliphatic rings. The van der Waals surface area contributed by atoms with Crippen LogP contribution in [0.3, 0.4) is 0 Å². The van der Waals surface area contributed by atoms with Gasteiger partial charge in [0.05, 0.1) is 0 Å². The van der Waals surface area contributed by atoms with Crippen LogP contribution in [-0.2, 0) is 0 Å². The van der Waals surface area contributed by atoms with E-state index in [-0.39, 0.29) is 5.91 Å². The number of hydrogen-bond acceptors (Lipinski definition) is 6. The Hall–Kier alpha value is -2.12. The molecule has 0 aliphatic heterocycles. The van der Waals surface area contributed by atoms with Crippen LogP contribution >= 0.6 is 22.7 Å².